The summed E-state index contributed by atoms with van der Waals surface area (Å²) in [7, 11) is 4.36. The second-order valence-corrected chi connectivity index (χ2v) is 11.3. The summed E-state index contributed by atoms with van der Waals surface area (Å²) in [4.78, 5) is 2.32. The summed E-state index contributed by atoms with van der Waals surface area (Å²) in [6.07, 6.45) is 4.75. The van der Waals surface area contributed by atoms with Crippen molar-refractivity contribution in [3.63, 3.8) is 0 Å². The van der Waals surface area contributed by atoms with E-state index in [1.165, 1.54) is 12.1 Å². The first-order valence-corrected chi connectivity index (χ1v) is 8.82. The van der Waals surface area contributed by atoms with Gasteiger partial charge in [0.2, 0.25) is 0 Å². The largest absolute Gasteiger partial charge is 1.00 e. The molecule has 5 heteroatoms. The summed E-state index contributed by atoms with van der Waals surface area (Å²) in [5, 5.41) is 0. The van der Waals surface area contributed by atoms with E-state index < -0.39 is 23.2 Å². The smallest absolute Gasteiger partial charge is 1.00 e. The monoisotopic (exact) mass is 410 g/mol. The Kier molecular flexibility index (Phi) is 11.1. The number of nitrogens with zero attached hydrogens (tertiary/aromatic N) is 1. The third-order valence-corrected chi connectivity index (χ3v) is 7.37. The van der Waals surface area contributed by atoms with Crippen LogP contribution in [0.5, 0.6) is 0 Å². The maximum absolute atomic E-state index is 2.44. The zero-order valence-corrected chi connectivity index (χ0v) is 17.1. The summed E-state index contributed by atoms with van der Waals surface area (Å²) >= 11 is -0.475. The van der Waals surface area contributed by atoms with Crippen molar-refractivity contribution in [2.24, 2.45) is 0 Å². The third kappa shape index (κ3) is 6.20. The zero-order chi connectivity index (χ0) is 12.5. The number of fused-ring (bicyclic) bond motifs is 1. The van der Waals surface area contributed by atoms with Crippen molar-refractivity contribution in [3.8, 4) is 0 Å². The minimum absolute atomic E-state index is 0. The minimum Gasteiger partial charge on any atom is -1.00 e. The predicted octanol–water partition coefficient (Wildman–Crippen LogP) is -5.39. The number of rotatable bonds is 4. The normalized spacial score (nSPS) is 15.6. The van der Waals surface area contributed by atoms with Gasteiger partial charge in [-0.25, -0.2) is 0 Å². The SMILES string of the molecule is CN(C)C[C](C)(C)[Zr+3][CH]1C=Cc2ccccc21.[Cl-].[Cl-].[Cl-]. The van der Waals surface area contributed by atoms with Gasteiger partial charge in [-0.15, -0.1) is 0 Å². The first-order valence-electron chi connectivity index (χ1n) is 6.17. The number of hydrogen-bond donors (Lipinski definition) is 0. The summed E-state index contributed by atoms with van der Waals surface area (Å²) < 4.78 is 1.30. The van der Waals surface area contributed by atoms with Crippen LogP contribution < -0.4 is 37.2 Å². The molecule has 20 heavy (non-hydrogen) atoms. The molecule has 0 saturated carbocycles. The van der Waals surface area contributed by atoms with Crippen LogP contribution in [-0.2, 0) is 23.2 Å². The molecule has 0 fully saturated rings. The molecule has 0 amide bonds. The van der Waals surface area contributed by atoms with Gasteiger partial charge in [-0.2, -0.15) is 0 Å². The van der Waals surface area contributed by atoms with Crippen LogP contribution in [0.2, 0.25) is 3.12 Å². The molecule has 1 aromatic rings. The molecule has 111 valence electrons. The van der Waals surface area contributed by atoms with Crippen molar-refractivity contribution < 1.29 is 60.5 Å². The Balaban J connectivity index is 0. The van der Waals surface area contributed by atoms with E-state index in [0.29, 0.717) is 3.12 Å². The number of halogens is 3. The van der Waals surface area contributed by atoms with E-state index in [-0.39, 0.29) is 37.2 Å². The van der Waals surface area contributed by atoms with Gasteiger partial charge in [-0.05, 0) is 0 Å². The first kappa shape index (κ1) is 22.9. The fourth-order valence-electron chi connectivity index (χ4n) is 2.63. The molecule has 2 rings (SSSR count). The van der Waals surface area contributed by atoms with Gasteiger partial charge in [0.15, 0.2) is 0 Å². The molecule has 0 heterocycles. The Labute approximate surface area is 153 Å². The average Bonchev–Trinajstić information content (AvgIpc) is 2.59. The van der Waals surface area contributed by atoms with Crippen LogP contribution in [0.15, 0.2) is 30.3 Å². The molecule has 0 radical (unpaired) electrons. The average molecular weight is 413 g/mol. The Hall–Kier alpha value is 0.673. The van der Waals surface area contributed by atoms with Gasteiger partial charge in [0.05, 0.1) is 0 Å². The molecule has 0 saturated heterocycles. The van der Waals surface area contributed by atoms with Crippen molar-refractivity contribution in [2.45, 2.75) is 20.6 Å². The topological polar surface area (TPSA) is 3.24 Å². The van der Waals surface area contributed by atoms with Crippen LogP contribution in [0.3, 0.4) is 0 Å². The van der Waals surface area contributed by atoms with Crippen molar-refractivity contribution in [1.29, 1.82) is 0 Å². The molecular formula is C15H21Cl3NZr. The van der Waals surface area contributed by atoms with Crippen LogP contribution in [0.25, 0.3) is 6.08 Å². The molecule has 1 atom stereocenters. The Morgan fingerprint density at radius 2 is 1.70 bits per heavy atom. The number of benzene rings is 1. The van der Waals surface area contributed by atoms with Gasteiger partial charge >= 0.3 is 117 Å². The molecule has 1 aliphatic carbocycles. The predicted molar refractivity (Wildman–Crippen MR) is 70.8 cm³/mol. The summed E-state index contributed by atoms with van der Waals surface area (Å²) in [6, 6.07) is 8.87. The summed E-state index contributed by atoms with van der Waals surface area (Å²) in [5.41, 5.74) is 3.02. The van der Waals surface area contributed by atoms with E-state index in [9.17, 15) is 0 Å². The van der Waals surface area contributed by atoms with Crippen molar-refractivity contribution >= 4 is 6.08 Å². The molecule has 0 aliphatic heterocycles. The standard InChI is InChI=1S/C9H7.C6H14N.3ClH.Zr/c1-2-5-9-7-3-6-8(9)4-1;1-6(2)5-7(3)4;;;;/h1-7H;5H2,1-4H3;3*1H;/q;;;;;+3/p-3. The molecule has 1 unspecified atom stereocenters. The van der Waals surface area contributed by atoms with Gasteiger partial charge in [0, 0.05) is 0 Å². The van der Waals surface area contributed by atoms with E-state index in [1.54, 1.807) is 5.56 Å². The van der Waals surface area contributed by atoms with Crippen molar-refractivity contribution in [1.82, 2.24) is 4.90 Å². The van der Waals surface area contributed by atoms with Gasteiger partial charge in [-0.3, -0.25) is 0 Å². The van der Waals surface area contributed by atoms with Crippen LogP contribution >= 0.6 is 0 Å². The molecule has 1 aromatic carbocycles. The summed E-state index contributed by atoms with van der Waals surface area (Å²) in [6.45, 7) is 6.09. The van der Waals surface area contributed by atoms with E-state index >= 15 is 0 Å². The van der Waals surface area contributed by atoms with E-state index in [0.717, 1.165) is 3.63 Å². The van der Waals surface area contributed by atoms with E-state index in [1.807, 2.05) is 0 Å². The van der Waals surface area contributed by atoms with Crippen molar-refractivity contribution in [3.05, 3.63) is 41.5 Å². The van der Waals surface area contributed by atoms with Crippen LogP contribution in [-0.4, -0.2) is 25.5 Å². The molecule has 0 bridgehead atoms. The zero-order valence-electron chi connectivity index (χ0n) is 12.3. The molecule has 0 N–H and O–H groups in total. The minimum atomic E-state index is -0.475. The van der Waals surface area contributed by atoms with Crippen LogP contribution in [0, 0.1) is 0 Å². The van der Waals surface area contributed by atoms with Gasteiger partial charge in [0.1, 0.15) is 0 Å². The second kappa shape index (κ2) is 9.64. The number of allylic oxidation sites excluding steroid dienone is 1. The second-order valence-electron chi connectivity index (χ2n) is 5.73. The Morgan fingerprint density at radius 1 is 1.10 bits per heavy atom. The maximum Gasteiger partial charge on any atom is -1.00 e. The maximum atomic E-state index is 2.44. The Bertz CT molecular complexity index is 433. The van der Waals surface area contributed by atoms with Crippen molar-refractivity contribution in [2.75, 3.05) is 20.6 Å². The van der Waals surface area contributed by atoms with Gasteiger partial charge in [0.25, 0.3) is 0 Å². The van der Waals surface area contributed by atoms with Gasteiger partial charge < -0.3 is 37.2 Å². The van der Waals surface area contributed by atoms with E-state index in [4.69, 9.17) is 0 Å². The molecular weight excluding hydrogens is 392 g/mol. The van der Waals surface area contributed by atoms with Crippen LogP contribution in [0.1, 0.15) is 28.6 Å². The first-order chi connectivity index (χ1) is 7.98. The molecule has 1 aliphatic rings. The molecule has 0 aromatic heterocycles. The van der Waals surface area contributed by atoms with Crippen LogP contribution in [0.4, 0.5) is 0 Å². The molecule has 1 nitrogen and oxygen atoms in total. The Morgan fingerprint density at radius 3 is 2.30 bits per heavy atom. The molecule has 0 spiro atoms. The third-order valence-electron chi connectivity index (χ3n) is 3.06. The fraction of sp³-hybridized carbons (Fsp3) is 0.467. The quantitative estimate of drug-likeness (QED) is 0.477. The van der Waals surface area contributed by atoms with Gasteiger partial charge in [-0.1, -0.05) is 0 Å². The van der Waals surface area contributed by atoms with E-state index in [2.05, 4.69) is 69.3 Å². The fourth-order valence-corrected chi connectivity index (χ4v) is 7.21. The number of hydrogen-bond acceptors (Lipinski definition) is 1. The summed E-state index contributed by atoms with van der Waals surface area (Å²) in [5.74, 6) is 0.